The average Bonchev–Trinajstić information content (AvgIpc) is 2.98. The molecule has 0 saturated carbocycles. The lowest BCUT2D eigenvalue weighted by atomic mass is 10.1. The molecule has 1 aromatic heterocycles. The van der Waals surface area contributed by atoms with Gasteiger partial charge in [-0.2, -0.15) is 0 Å². The summed E-state index contributed by atoms with van der Waals surface area (Å²) in [6.07, 6.45) is 3.49. The van der Waals surface area contributed by atoms with Gasteiger partial charge < -0.3 is 9.73 Å². The molecule has 2 aromatic carbocycles. The highest BCUT2D eigenvalue weighted by Gasteiger charge is 2.18. The van der Waals surface area contributed by atoms with Gasteiger partial charge >= 0.3 is 0 Å². The molecule has 2 heterocycles. The topological polar surface area (TPSA) is 25.2 Å². The maximum Gasteiger partial charge on any atom is 0.0981 e. The van der Waals surface area contributed by atoms with Crippen LogP contribution in [0.2, 0.25) is 0 Å². The van der Waals surface area contributed by atoms with Crippen LogP contribution in [0.3, 0.4) is 0 Å². The fourth-order valence-corrected chi connectivity index (χ4v) is 3.34. The van der Waals surface area contributed by atoms with Crippen LogP contribution in [-0.2, 0) is 0 Å². The second-order valence-corrected chi connectivity index (χ2v) is 5.50. The molecule has 0 radical (unpaired) electrons. The molecule has 0 saturated heterocycles. The van der Waals surface area contributed by atoms with Crippen LogP contribution in [-0.4, -0.2) is 0 Å². The highest BCUT2D eigenvalue weighted by atomic mass is 32.2. The largest absolute Gasteiger partial charge is 0.472 e. The summed E-state index contributed by atoms with van der Waals surface area (Å²) >= 11 is 1.80. The molecule has 4 rings (SSSR count). The molecule has 1 aliphatic heterocycles. The van der Waals surface area contributed by atoms with Gasteiger partial charge in [0.05, 0.1) is 23.9 Å². The van der Waals surface area contributed by atoms with Crippen molar-refractivity contribution in [2.24, 2.45) is 0 Å². The van der Waals surface area contributed by atoms with Crippen LogP contribution in [0.1, 0.15) is 0 Å². The van der Waals surface area contributed by atoms with Gasteiger partial charge in [0.1, 0.15) is 0 Å². The number of fused-ring (bicyclic) bond motifs is 2. The SMILES string of the molecule is c1ccc2c(c1)Nc1c(cccc1-c1ccoc1)S2. The molecule has 0 spiro atoms. The molecule has 0 fully saturated rings. The molecule has 19 heavy (non-hydrogen) atoms. The minimum Gasteiger partial charge on any atom is -0.472 e. The van der Waals surface area contributed by atoms with Gasteiger partial charge in [0.2, 0.25) is 0 Å². The molecule has 0 atom stereocenters. The summed E-state index contributed by atoms with van der Waals surface area (Å²) in [5, 5.41) is 3.53. The number of benzene rings is 2. The first-order valence-electron chi connectivity index (χ1n) is 6.11. The first kappa shape index (κ1) is 10.8. The Hall–Kier alpha value is -2.13. The quantitative estimate of drug-likeness (QED) is 0.515. The number of para-hydroxylation sites is 2. The predicted molar refractivity (Wildman–Crippen MR) is 78.0 cm³/mol. The van der Waals surface area contributed by atoms with Crippen molar-refractivity contribution >= 4 is 23.1 Å². The molecule has 0 aliphatic carbocycles. The fraction of sp³-hybridized carbons (Fsp3) is 0. The number of hydrogen-bond donors (Lipinski definition) is 1. The zero-order chi connectivity index (χ0) is 12.7. The third-order valence-corrected chi connectivity index (χ3v) is 4.36. The molecular weight excluding hydrogens is 254 g/mol. The van der Waals surface area contributed by atoms with Crippen LogP contribution < -0.4 is 5.32 Å². The van der Waals surface area contributed by atoms with Crippen molar-refractivity contribution in [3.8, 4) is 11.1 Å². The fourth-order valence-electron chi connectivity index (χ4n) is 2.32. The Kier molecular flexibility index (Phi) is 2.38. The Morgan fingerprint density at radius 3 is 2.68 bits per heavy atom. The van der Waals surface area contributed by atoms with Gasteiger partial charge in [-0.05, 0) is 24.3 Å². The highest BCUT2D eigenvalue weighted by Crippen LogP contribution is 2.47. The summed E-state index contributed by atoms with van der Waals surface area (Å²) in [5.74, 6) is 0. The van der Waals surface area contributed by atoms with E-state index >= 15 is 0 Å². The van der Waals surface area contributed by atoms with Gasteiger partial charge in [-0.1, -0.05) is 36.0 Å². The third kappa shape index (κ3) is 1.74. The number of hydrogen-bond acceptors (Lipinski definition) is 3. The van der Waals surface area contributed by atoms with Crippen molar-refractivity contribution in [2.45, 2.75) is 9.79 Å². The Morgan fingerprint density at radius 2 is 1.79 bits per heavy atom. The Morgan fingerprint density at radius 1 is 0.895 bits per heavy atom. The van der Waals surface area contributed by atoms with Crippen molar-refractivity contribution in [3.63, 3.8) is 0 Å². The number of nitrogens with one attached hydrogen (secondary N) is 1. The Balaban J connectivity index is 1.88. The van der Waals surface area contributed by atoms with Gasteiger partial charge in [-0.25, -0.2) is 0 Å². The highest BCUT2D eigenvalue weighted by molar-refractivity contribution is 7.99. The molecule has 0 unspecified atom stereocenters. The molecule has 2 nitrogen and oxygen atoms in total. The van der Waals surface area contributed by atoms with E-state index in [0.29, 0.717) is 0 Å². The van der Waals surface area contributed by atoms with Crippen LogP contribution in [0.5, 0.6) is 0 Å². The van der Waals surface area contributed by atoms with E-state index in [1.165, 1.54) is 15.4 Å². The van der Waals surface area contributed by atoms with Crippen LogP contribution in [0.15, 0.2) is 75.3 Å². The maximum atomic E-state index is 5.19. The normalized spacial score (nSPS) is 12.4. The van der Waals surface area contributed by atoms with Gasteiger partial charge in [0.25, 0.3) is 0 Å². The van der Waals surface area contributed by atoms with E-state index in [0.717, 1.165) is 16.9 Å². The van der Waals surface area contributed by atoms with Gasteiger partial charge in [-0.3, -0.25) is 0 Å². The summed E-state index contributed by atoms with van der Waals surface area (Å²) in [6.45, 7) is 0. The predicted octanol–water partition coefficient (Wildman–Crippen LogP) is 5.15. The average molecular weight is 265 g/mol. The van der Waals surface area contributed by atoms with Crippen molar-refractivity contribution in [1.82, 2.24) is 0 Å². The van der Waals surface area contributed by atoms with E-state index in [9.17, 15) is 0 Å². The monoisotopic (exact) mass is 265 g/mol. The van der Waals surface area contributed by atoms with Crippen molar-refractivity contribution in [1.29, 1.82) is 0 Å². The zero-order valence-electron chi connectivity index (χ0n) is 10.1. The molecule has 0 bridgehead atoms. The van der Waals surface area contributed by atoms with E-state index in [1.807, 2.05) is 6.07 Å². The van der Waals surface area contributed by atoms with Gasteiger partial charge in [0.15, 0.2) is 0 Å². The van der Waals surface area contributed by atoms with Crippen molar-refractivity contribution in [2.75, 3.05) is 5.32 Å². The van der Waals surface area contributed by atoms with Crippen molar-refractivity contribution < 1.29 is 4.42 Å². The molecule has 92 valence electrons. The van der Waals surface area contributed by atoms with Crippen molar-refractivity contribution in [3.05, 3.63) is 61.1 Å². The van der Waals surface area contributed by atoms with E-state index < -0.39 is 0 Å². The third-order valence-electron chi connectivity index (χ3n) is 3.23. The summed E-state index contributed by atoms with van der Waals surface area (Å²) in [6, 6.07) is 16.7. The van der Waals surface area contributed by atoms with Crippen LogP contribution >= 0.6 is 11.8 Å². The second-order valence-electron chi connectivity index (χ2n) is 4.41. The minimum absolute atomic E-state index is 1.10. The van der Waals surface area contributed by atoms with E-state index in [4.69, 9.17) is 4.42 Å². The first-order valence-corrected chi connectivity index (χ1v) is 6.93. The summed E-state index contributed by atoms with van der Waals surface area (Å²) in [5.41, 5.74) is 4.60. The summed E-state index contributed by atoms with van der Waals surface area (Å²) < 4.78 is 5.19. The lowest BCUT2D eigenvalue weighted by molar-refractivity contribution is 0.568. The van der Waals surface area contributed by atoms with Gasteiger partial charge in [0, 0.05) is 20.9 Å². The molecule has 3 aromatic rings. The minimum atomic E-state index is 1.10. The Labute approximate surface area is 115 Å². The van der Waals surface area contributed by atoms with Gasteiger partial charge in [-0.15, -0.1) is 0 Å². The maximum absolute atomic E-state index is 5.19. The second kappa shape index (κ2) is 4.21. The molecule has 3 heteroatoms. The zero-order valence-corrected chi connectivity index (χ0v) is 10.9. The standard InChI is InChI=1S/C16H11NOS/c1-2-6-14-13(5-1)17-16-12(11-8-9-18-10-11)4-3-7-15(16)19-14/h1-10,17H. The lowest BCUT2D eigenvalue weighted by Gasteiger charge is -2.22. The molecule has 0 amide bonds. The number of rotatable bonds is 1. The van der Waals surface area contributed by atoms with Crippen LogP contribution in [0.4, 0.5) is 11.4 Å². The summed E-state index contributed by atoms with van der Waals surface area (Å²) in [7, 11) is 0. The van der Waals surface area contributed by atoms with E-state index in [1.54, 1.807) is 24.3 Å². The van der Waals surface area contributed by atoms with E-state index in [-0.39, 0.29) is 0 Å². The summed E-state index contributed by atoms with van der Waals surface area (Å²) in [4.78, 5) is 2.51. The smallest absolute Gasteiger partial charge is 0.0981 e. The molecule has 1 aliphatic rings. The Bertz CT molecular complexity index is 734. The molecular formula is C16H11NOS. The number of anilines is 2. The van der Waals surface area contributed by atoms with E-state index in [2.05, 4.69) is 47.8 Å². The van der Waals surface area contributed by atoms with Crippen LogP contribution in [0, 0.1) is 0 Å². The first-order chi connectivity index (χ1) is 9.42. The number of furan rings is 1. The molecule has 1 N–H and O–H groups in total. The van der Waals surface area contributed by atoms with Crippen LogP contribution in [0.25, 0.3) is 11.1 Å². The lowest BCUT2D eigenvalue weighted by Crippen LogP contribution is -2.01.